The van der Waals surface area contributed by atoms with Crippen LogP contribution in [0.5, 0.6) is 0 Å². The Hall–Kier alpha value is -0.180. The maximum Gasteiger partial charge on any atom is 0.156 e. The van der Waals surface area contributed by atoms with E-state index in [-0.39, 0.29) is 0 Å². The van der Waals surface area contributed by atoms with Crippen LogP contribution in [-0.4, -0.2) is 23.5 Å². The first-order valence-electron chi connectivity index (χ1n) is 7.21. The van der Waals surface area contributed by atoms with E-state index in [2.05, 4.69) is 19.2 Å². The Kier molecular flexibility index (Phi) is 5.20. The number of aliphatic imine (C=N–C) groups is 1. The summed E-state index contributed by atoms with van der Waals surface area (Å²) in [5.74, 6) is 3.01. The monoisotopic (exact) mass is 254 g/mol. The Labute approximate surface area is 110 Å². The molecule has 2 nitrogen and oxygen atoms in total. The quantitative estimate of drug-likeness (QED) is 0.831. The highest BCUT2D eigenvalue weighted by Gasteiger charge is 2.20. The molecule has 3 unspecified atom stereocenters. The lowest BCUT2D eigenvalue weighted by Gasteiger charge is -2.27. The summed E-state index contributed by atoms with van der Waals surface area (Å²) in [6.45, 7) is 5.70. The summed E-state index contributed by atoms with van der Waals surface area (Å²) in [6.07, 6.45) is 8.13. The zero-order valence-electron chi connectivity index (χ0n) is 11.2. The average Bonchev–Trinajstić information content (AvgIpc) is 2.37. The molecule has 0 bridgehead atoms. The fraction of sp³-hybridized carbons (Fsp3) is 0.929. The van der Waals surface area contributed by atoms with Crippen molar-refractivity contribution in [3.05, 3.63) is 0 Å². The zero-order valence-corrected chi connectivity index (χ0v) is 12.1. The molecule has 3 atom stereocenters. The molecular weight excluding hydrogens is 228 g/mol. The molecule has 0 aromatic rings. The Morgan fingerprint density at radius 2 is 2.24 bits per heavy atom. The minimum absolute atomic E-state index is 0.667. The molecule has 0 radical (unpaired) electrons. The van der Waals surface area contributed by atoms with Gasteiger partial charge in [0, 0.05) is 18.3 Å². The predicted molar refractivity (Wildman–Crippen MR) is 77.7 cm³/mol. The van der Waals surface area contributed by atoms with Gasteiger partial charge in [-0.05, 0) is 37.5 Å². The summed E-state index contributed by atoms with van der Waals surface area (Å²) in [4.78, 5) is 4.81. The summed E-state index contributed by atoms with van der Waals surface area (Å²) in [5, 5.41) is 4.78. The third-order valence-corrected chi connectivity index (χ3v) is 5.02. The van der Waals surface area contributed by atoms with E-state index in [9.17, 15) is 0 Å². The van der Waals surface area contributed by atoms with Gasteiger partial charge in [-0.15, -0.1) is 0 Å². The standard InChI is InChI=1S/C14H26N2S/c1-3-13-7-8-17-14(16-13)15-10-12-6-4-5-11(2)9-12/h11-13H,3-10H2,1-2H3,(H,15,16). The number of thioether (sulfide) groups is 1. The Morgan fingerprint density at radius 3 is 3.00 bits per heavy atom. The van der Waals surface area contributed by atoms with Gasteiger partial charge in [0.1, 0.15) is 0 Å². The lowest BCUT2D eigenvalue weighted by atomic mass is 9.82. The number of amidine groups is 1. The molecule has 2 rings (SSSR count). The third kappa shape index (κ3) is 4.20. The minimum Gasteiger partial charge on any atom is -0.362 e. The molecule has 1 aliphatic heterocycles. The molecule has 1 N–H and O–H groups in total. The van der Waals surface area contributed by atoms with E-state index in [1.54, 1.807) is 0 Å². The van der Waals surface area contributed by atoms with Gasteiger partial charge in [0.05, 0.1) is 0 Å². The largest absolute Gasteiger partial charge is 0.362 e. The highest BCUT2D eigenvalue weighted by molar-refractivity contribution is 8.13. The molecule has 0 aromatic heterocycles. The van der Waals surface area contributed by atoms with Crippen molar-refractivity contribution in [3.63, 3.8) is 0 Å². The lowest BCUT2D eigenvalue weighted by Crippen LogP contribution is -2.37. The van der Waals surface area contributed by atoms with Gasteiger partial charge in [0.25, 0.3) is 0 Å². The maximum atomic E-state index is 4.81. The van der Waals surface area contributed by atoms with Gasteiger partial charge in [-0.3, -0.25) is 4.99 Å². The first kappa shape index (κ1) is 13.3. The van der Waals surface area contributed by atoms with Gasteiger partial charge in [-0.25, -0.2) is 0 Å². The van der Waals surface area contributed by atoms with E-state index in [1.807, 2.05) is 11.8 Å². The molecule has 98 valence electrons. The van der Waals surface area contributed by atoms with Crippen molar-refractivity contribution in [1.29, 1.82) is 0 Å². The second-order valence-corrected chi connectivity index (χ2v) is 6.75. The highest BCUT2D eigenvalue weighted by Crippen LogP contribution is 2.29. The summed E-state index contributed by atoms with van der Waals surface area (Å²) >= 11 is 1.91. The molecule has 1 saturated heterocycles. The molecule has 1 saturated carbocycles. The van der Waals surface area contributed by atoms with Gasteiger partial charge >= 0.3 is 0 Å². The molecule has 0 aromatic carbocycles. The van der Waals surface area contributed by atoms with E-state index in [0.29, 0.717) is 6.04 Å². The first-order valence-corrected chi connectivity index (χ1v) is 8.20. The van der Waals surface area contributed by atoms with Gasteiger partial charge in [-0.2, -0.15) is 0 Å². The summed E-state index contributed by atoms with van der Waals surface area (Å²) < 4.78 is 0. The summed E-state index contributed by atoms with van der Waals surface area (Å²) in [7, 11) is 0. The third-order valence-electron chi connectivity index (χ3n) is 4.06. The van der Waals surface area contributed by atoms with Gasteiger partial charge in [-0.1, -0.05) is 38.5 Å². The molecule has 17 heavy (non-hydrogen) atoms. The average molecular weight is 254 g/mol. The normalized spacial score (nSPS) is 36.8. The molecule has 2 aliphatic rings. The van der Waals surface area contributed by atoms with Gasteiger partial charge < -0.3 is 5.32 Å². The van der Waals surface area contributed by atoms with Crippen LogP contribution in [0.2, 0.25) is 0 Å². The van der Waals surface area contributed by atoms with Crippen LogP contribution in [0, 0.1) is 11.8 Å². The van der Waals surface area contributed by atoms with E-state index < -0.39 is 0 Å². The topological polar surface area (TPSA) is 24.4 Å². The highest BCUT2D eigenvalue weighted by atomic mass is 32.2. The van der Waals surface area contributed by atoms with Crippen LogP contribution in [0.1, 0.15) is 52.4 Å². The Morgan fingerprint density at radius 1 is 1.35 bits per heavy atom. The van der Waals surface area contributed by atoms with Gasteiger partial charge in [0.2, 0.25) is 0 Å². The number of nitrogens with zero attached hydrogens (tertiary/aromatic N) is 1. The second kappa shape index (κ2) is 6.67. The second-order valence-electron chi connectivity index (χ2n) is 5.67. The molecular formula is C14H26N2S. The van der Waals surface area contributed by atoms with Crippen molar-refractivity contribution in [3.8, 4) is 0 Å². The van der Waals surface area contributed by atoms with Crippen molar-refractivity contribution in [1.82, 2.24) is 5.32 Å². The van der Waals surface area contributed by atoms with Crippen molar-refractivity contribution >= 4 is 16.9 Å². The maximum absolute atomic E-state index is 4.81. The fourth-order valence-corrected chi connectivity index (χ4v) is 3.93. The van der Waals surface area contributed by atoms with Gasteiger partial charge in [0.15, 0.2) is 5.17 Å². The van der Waals surface area contributed by atoms with Crippen LogP contribution in [0.15, 0.2) is 4.99 Å². The number of hydrogen-bond acceptors (Lipinski definition) is 2. The smallest absolute Gasteiger partial charge is 0.156 e. The zero-order chi connectivity index (χ0) is 12.1. The van der Waals surface area contributed by atoms with Crippen LogP contribution < -0.4 is 5.32 Å². The first-order chi connectivity index (χ1) is 8.28. The molecule has 0 spiro atoms. The van der Waals surface area contributed by atoms with Crippen LogP contribution in [0.4, 0.5) is 0 Å². The van der Waals surface area contributed by atoms with E-state index >= 15 is 0 Å². The van der Waals surface area contributed by atoms with E-state index in [1.165, 1.54) is 49.4 Å². The van der Waals surface area contributed by atoms with Crippen LogP contribution in [0.25, 0.3) is 0 Å². The van der Waals surface area contributed by atoms with E-state index in [4.69, 9.17) is 4.99 Å². The van der Waals surface area contributed by atoms with Crippen molar-refractivity contribution < 1.29 is 0 Å². The van der Waals surface area contributed by atoms with Crippen molar-refractivity contribution in [2.75, 3.05) is 12.3 Å². The fourth-order valence-electron chi connectivity index (χ4n) is 2.92. The Bertz CT molecular complexity index is 265. The number of nitrogens with one attached hydrogen (secondary N) is 1. The molecule has 2 fully saturated rings. The molecule has 1 aliphatic carbocycles. The van der Waals surface area contributed by atoms with Crippen molar-refractivity contribution in [2.45, 2.75) is 58.4 Å². The molecule has 0 amide bonds. The van der Waals surface area contributed by atoms with Crippen LogP contribution >= 0.6 is 11.8 Å². The summed E-state index contributed by atoms with van der Waals surface area (Å²) in [5.41, 5.74) is 0. The molecule has 3 heteroatoms. The minimum atomic E-state index is 0.667. The number of hydrogen-bond donors (Lipinski definition) is 1. The Balaban J connectivity index is 1.78. The lowest BCUT2D eigenvalue weighted by molar-refractivity contribution is 0.289. The molecule has 1 heterocycles. The van der Waals surface area contributed by atoms with Crippen LogP contribution in [-0.2, 0) is 0 Å². The SMILES string of the molecule is CCC1CCSC(=NCC2CCCC(C)C2)N1. The number of rotatable bonds is 3. The van der Waals surface area contributed by atoms with E-state index in [0.717, 1.165) is 18.4 Å². The summed E-state index contributed by atoms with van der Waals surface area (Å²) in [6, 6.07) is 0.667. The predicted octanol–water partition coefficient (Wildman–Crippen LogP) is 3.67. The van der Waals surface area contributed by atoms with Crippen molar-refractivity contribution in [2.24, 2.45) is 16.8 Å². The van der Waals surface area contributed by atoms with Crippen LogP contribution in [0.3, 0.4) is 0 Å².